The number of benzene rings is 1. The Bertz CT molecular complexity index is 606. The zero-order valence-electron chi connectivity index (χ0n) is 11.4. The molecule has 0 aliphatic carbocycles. The lowest BCUT2D eigenvalue weighted by molar-refractivity contribution is -0.120. The van der Waals surface area contributed by atoms with Crippen molar-refractivity contribution in [2.24, 2.45) is 0 Å². The van der Waals surface area contributed by atoms with Gasteiger partial charge in [0.25, 0.3) is 5.91 Å². The van der Waals surface area contributed by atoms with E-state index in [1.165, 1.54) is 0 Å². The predicted octanol–water partition coefficient (Wildman–Crippen LogP) is 1.21. The number of nitrogens with zero attached hydrogens (tertiary/aromatic N) is 1. The van der Waals surface area contributed by atoms with Crippen LogP contribution in [0.4, 0.5) is 0 Å². The van der Waals surface area contributed by atoms with E-state index in [2.05, 4.69) is 20.8 Å². The molecule has 0 aliphatic rings. The van der Waals surface area contributed by atoms with Crippen molar-refractivity contribution in [3.63, 3.8) is 0 Å². The highest BCUT2D eigenvalue weighted by atomic mass is 16.2. The van der Waals surface area contributed by atoms with Crippen molar-refractivity contribution in [1.29, 1.82) is 0 Å². The molecule has 6 nitrogen and oxygen atoms in total. The first kappa shape index (κ1) is 14.0. The van der Waals surface area contributed by atoms with Crippen molar-refractivity contribution >= 4 is 22.7 Å². The summed E-state index contributed by atoms with van der Waals surface area (Å²) in [6, 6.07) is 5.42. The molecule has 0 aliphatic heterocycles. The van der Waals surface area contributed by atoms with Crippen LogP contribution >= 0.6 is 0 Å². The number of carbonyl (C=O) groups excluding carboxylic acids is 2. The van der Waals surface area contributed by atoms with E-state index in [1.807, 2.05) is 13.0 Å². The van der Waals surface area contributed by atoms with Crippen LogP contribution in [0.15, 0.2) is 24.4 Å². The summed E-state index contributed by atoms with van der Waals surface area (Å²) in [6.07, 6.45) is 2.86. The second-order valence-electron chi connectivity index (χ2n) is 4.50. The van der Waals surface area contributed by atoms with Crippen molar-refractivity contribution in [2.45, 2.75) is 19.8 Å². The Morgan fingerprint density at radius 1 is 1.25 bits per heavy atom. The smallest absolute Gasteiger partial charge is 0.253 e. The van der Waals surface area contributed by atoms with Crippen LogP contribution in [0.2, 0.25) is 0 Å². The van der Waals surface area contributed by atoms with E-state index in [9.17, 15) is 9.59 Å². The highest BCUT2D eigenvalue weighted by Crippen LogP contribution is 2.15. The number of nitrogens with one attached hydrogen (secondary N) is 3. The molecule has 1 aromatic carbocycles. The summed E-state index contributed by atoms with van der Waals surface area (Å²) < 4.78 is 0. The molecule has 0 fully saturated rings. The number of H-pyrrole nitrogens is 1. The van der Waals surface area contributed by atoms with Crippen molar-refractivity contribution in [3.05, 3.63) is 30.0 Å². The minimum absolute atomic E-state index is 0.0492. The summed E-state index contributed by atoms with van der Waals surface area (Å²) >= 11 is 0. The van der Waals surface area contributed by atoms with Gasteiger partial charge in [-0.05, 0) is 12.5 Å². The summed E-state index contributed by atoms with van der Waals surface area (Å²) in [7, 11) is 0. The Morgan fingerprint density at radius 3 is 2.90 bits per heavy atom. The summed E-state index contributed by atoms with van der Waals surface area (Å²) in [5, 5.41) is 13.1. The highest BCUT2D eigenvalue weighted by molar-refractivity contribution is 6.05. The molecule has 6 heteroatoms. The second-order valence-corrected chi connectivity index (χ2v) is 4.50. The molecule has 1 heterocycles. The van der Waals surface area contributed by atoms with Crippen LogP contribution in [0.3, 0.4) is 0 Å². The number of amides is 2. The van der Waals surface area contributed by atoms with Gasteiger partial charge >= 0.3 is 0 Å². The lowest BCUT2D eigenvalue weighted by atomic mass is 10.1. The third-order valence-corrected chi connectivity index (χ3v) is 2.93. The Morgan fingerprint density at radius 2 is 2.10 bits per heavy atom. The standard InChI is InChI=1S/C14H18N4O2/c1-2-7-15-12(19)6-8-16-14(20)11-5-3-4-10-9-17-18-13(10)11/h3-5,9H,2,6-8H2,1H3,(H,15,19)(H,16,20)(H,17,18). The zero-order chi connectivity index (χ0) is 14.4. The summed E-state index contributed by atoms with van der Waals surface area (Å²) in [5.41, 5.74) is 1.24. The maximum Gasteiger partial charge on any atom is 0.253 e. The van der Waals surface area contributed by atoms with Crippen LogP contribution < -0.4 is 10.6 Å². The molecule has 0 bridgehead atoms. The fourth-order valence-electron chi connectivity index (χ4n) is 1.90. The van der Waals surface area contributed by atoms with Gasteiger partial charge in [0.05, 0.1) is 17.3 Å². The molecule has 0 radical (unpaired) electrons. The van der Waals surface area contributed by atoms with Gasteiger partial charge in [0.1, 0.15) is 0 Å². The van der Waals surface area contributed by atoms with E-state index < -0.39 is 0 Å². The van der Waals surface area contributed by atoms with Gasteiger partial charge in [0, 0.05) is 24.9 Å². The minimum atomic E-state index is -0.205. The SMILES string of the molecule is CCCNC(=O)CCNC(=O)c1cccc2cn[nH]c12. The third kappa shape index (κ3) is 3.34. The molecule has 20 heavy (non-hydrogen) atoms. The summed E-state index contributed by atoms with van der Waals surface area (Å²) in [4.78, 5) is 23.5. The Hall–Kier alpha value is -2.37. The first-order valence-corrected chi connectivity index (χ1v) is 6.69. The number of fused-ring (bicyclic) bond motifs is 1. The van der Waals surface area contributed by atoms with Crippen molar-refractivity contribution in [1.82, 2.24) is 20.8 Å². The number of carbonyl (C=O) groups is 2. The van der Waals surface area contributed by atoms with E-state index in [0.29, 0.717) is 24.2 Å². The number of aromatic amines is 1. The molecule has 1 aromatic heterocycles. The molecule has 2 amide bonds. The number of rotatable bonds is 6. The van der Waals surface area contributed by atoms with Crippen molar-refractivity contribution < 1.29 is 9.59 Å². The predicted molar refractivity (Wildman–Crippen MR) is 76.3 cm³/mol. The van der Waals surface area contributed by atoms with Gasteiger partial charge in [-0.1, -0.05) is 19.1 Å². The Labute approximate surface area is 116 Å². The Balaban J connectivity index is 1.89. The van der Waals surface area contributed by atoms with Crippen LogP contribution in [-0.4, -0.2) is 35.1 Å². The molecular weight excluding hydrogens is 256 g/mol. The van der Waals surface area contributed by atoms with Gasteiger partial charge in [-0.25, -0.2) is 0 Å². The van der Waals surface area contributed by atoms with Gasteiger partial charge < -0.3 is 10.6 Å². The Kier molecular flexibility index (Phi) is 4.70. The quantitative estimate of drug-likeness (QED) is 0.740. The summed E-state index contributed by atoms with van der Waals surface area (Å²) in [5.74, 6) is -0.255. The molecule has 0 atom stereocenters. The maximum atomic E-state index is 12.1. The van der Waals surface area contributed by atoms with Gasteiger partial charge in [0.2, 0.25) is 5.91 Å². The van der Waals surface area contributed by atoms with Gasteiger partial charge in [0.15, 0.2) is 0 Å². The molecule has 0 spiro atoms. The van der Waals surface area contributed by atoms with E-state index in [0.717, 1.165) is 11.8 Å². The largest absolute Gasteiger partial charge is 0.356 e. The van der Waals surface area contributed by atoms with Gasteiger partial charge in [-0.2, -0.15) is 5.10 Å². The number of aromatic nitrogens is 2. The molecule has 0 saturated heterocycles. The van der Waals surface area contributed by atoms with Crippen LogP contribution in [-0.2, 0) is 4.79 Å². The van der Waals surface area contributed by atoms with Crippen molar-refractivity contribution in [3.8, 4) is 0 Å². The average Bonchev–Trinajstić information content (AvgIpc) is 2.93. The van der Waals surface area contributed by atoms with E-state index in [4.69, 9.17) is 0 Å². The number of hydrogen-bond donors (Lipinski definition) is 3. The molecule has 2 aromatic rings. The molecule has 0 saturated carbocycles. The normalized spacial score (nSPS) is 10.4. The van der Waals surface area contributed by atoms with E-state index >= 15 is 0 Å². The lowest BCUT2D eigenvalue weighted by Crippen LogP contribution is -2.31. The third-order valence-electron chi connectivity index (χ3n) is 2.93. The molecule has 2 rings (SSSR count). The van der Waals surface area contributed by atoms with Gasteiger partial charge in [-0.3, -0.25) is 14.7 Å². The lowest BCUT2D eigenvalue weighted by Gasteiger charge is -2.06. The fraction of sp³-hybridized carbons (Fsp3) is 0.357. The zero-order valence-corrected chi connectivity index (χ0v) is 11.4. The van der Waals surface area contributed by atoms with Crippen LogP contribution in [0.25, 0.3) is 10.9 Å². The van der Waals surface area contributed by atoms with Gasteiger partial charge in [-0.15, -0.1) is 0 Å². The minimum Gasteiger partial charge on any atom is -0.356 e. The number of hydrogen-bond acceptors (Lipinski definition) is 3. The highest BCUT2D eigenvalue weighted by Gasteiger charge is 2.11. The van der Waals surface area contributed by atoms with E-state index in [-0.39, 0.29) is 18.2 Å². The fourth-order valence-corrected chi connectivity index (χ4v) is 1.90. The molecule has 3 N–H and O–H groups in total. The van der Waals surface area contributed by atoms with Crippen LogP contribution in [0.5, 0.6) is 0 Å². The van der Waals surface area contributed by atoms with Crippen LogP contribution in [0.1, 0.15) is 30.1 Å². The van der Waals surface area contributed by atoms with E-state index in [1.54, 1.807) is 18.3 Å². The molecule has 0 unspecified atom stereocenters. The second kappa shape index (κ2) is 6.70. The number of para-hydroxylation sites is 1. The first-order chi connectivity index (χ1) is 9.72. The van der Waals surface area contributed by atoms with Crippen molar-refractivity contribution in [2.75, 3.05) is 13.1 Å². The molecule has 106 valence electrons. The topological polar surface area (TPSA) is 86.9 Å². The first-order valence-electron chi connectivity index (χ1n) is 6.69. The van der Waals surface area contributed by atoms with Crippen LogP contribution in [0, 0.1) is 0 Å². The average molecular weight is 274 g/mol. The monoisotopic (exact) mass is 274 g/mol. The summed E-state index contributed by atoms with van der Waals surface area (Å²) in [6.45, 7) is 2.98. The molecular formula is C14H18N4O2. The maximum absolute atomic E-state index is 12.1.